The fourth-order valence-electron chi connectivity index (χ4n) is 2.69. The topological polar surface area (TPSA) is 95.9 Å². The normalized spacial score (nSPS) is 23.2. The number of aliphatic carboxylic acids is 1. The molecule has 0 aromatic rings. The fourth-order valence-corrected chi connectivity index (χ4v) is 2.69. The number of nitrogens with one attached hydrogen (secondary N) is 1. The molecule has 1 aliphatic heterocycles. The van der Waals surface area contributed by atoms with Crippen LogP contribution in [-0.4, -0.2) is 60.6 Å². The number of methoxy groups -OCH3 is 1. The molecule has 2 fully saturated rings. The first-order valence-electron chi connectivity index (χ1n) is 7.30. The lowest BCUT2D eigenvalue weighted by molar-refractivity contribution is -0.138. The number of nitrogens with zero attached hydrogens (tertiary/aromatic N) is 1. The Morgan fingerprint density at radius 3 is 2.76 bits per heavy atom. The minimum Gasteiger partial charge on any atom is -0.481 e. The van der Waals surface area contributed by atoms with Crippen LogP contribution in [0.25, 0.3) is 0 Å². The second-order valence-corrected chi connectivity index (χ2v) is 5.78. The first kappa shape index (κ1) is 15.8. The third-order valence-corrected chi connectivity index (χ3v) is 4.06. The van der Waals surface area contributed by atoms with Gasteiger partial charge in [0.2, 0.25) is 11.8 Å². The highest BCUT2D eigenvalue weighted by molar-refractivity contribution is 5.89. The van der Waals surface area contributed by atoms with Gasteiger partial charge >= 0.3 is 5.97 Å². The number of rotatable bonds is 8. The lowest BCUT2D eigenvalue weighted by Crippen LogP contribution is -2.42. The van der Waals surface area contributed by atoms with Crippen LogP contribution < -0.4 is 5.32 Å². The summed E-state index contributed by atoms with van der Waals surface area (Å²) in [7, 11) is 1.57. The average Bonchev–Trinajstić information content (AvgIpc) is 3.19. The molecule has 0 bridgehead atoms. The molecule has 2 rings (SSSR count). The molecule has 0 aromatic carbocycles. The summed E-state index contributed by atoms with van der Waals surface area (Å²) >= 11 is 0. The molecule has 118 valence electrons. The highest BCUT2D eigenvalue weighted by atomic mass is 16.5. The Hall–Kier alpha value is -1.63. The number of hydrogen-bond acceptors (Lipinski definition) is 4. The van der Waals surface area contributed by atoms with Gasteiger partial charge in [0, 0.05) is 32.7 Å². The minimum atomic E-state index is -0.906. The Labute approximate surface area is 123 Å². The zero-order valence-electron chi connectivity index (χ0n) is 12.2. The van der Waals surface area contributed by atoms with Gasteiger partial charge in [-0.15, -0.1) is 0 Å². The van der Waals surface area contributed by atoms with Crippen LogP contribution in [0.1, 0.15) is 25.7 Å². The van der Waals surface area contributed by atoms with E-state index >= 15 is 0 Å². The molecule has 0 spiro atoms. The highest BCUT2D eigenvalue weighted by Gasteiger charge is 2.38. The summed E-state index contributed by atoms with van der Waals surface area (Å²) in [4.78, 5) is 36.5. The molecule has 1 heterocycles. The van der Waals surface area contributed by atoms with E-state index in [-0.39, 0.29) is 42.5 Å². The van der Waals surface area contributed by atoms with Gasteiger partial charge in [0.25, 0.3) is 0 Å². The number of carbonyl (C=O) groups excluding carboxylic acids is 2. The average molecular weight is 298 g/mol. The molecule has 1 aliphatic carbocycles. The maximum Gasteiger partial charge on any atom is 0.305 e. The van der Waals surface area contributed by atoms with E-state index in [1.807, 2.05) is 0 Å². The van der Waals surface area contributed by atoms with Crippen molar-refractivity contribution in [3.8, 4) is 0 Å². The van der Waals surface area contributed by atoms with Crippen LogP contribution in [0.15, 0.2) is 0 Å². The van der Waals surface area contributed by atoms with E-state index in [0.29, 0.717) is 19.7 Å². The minimum absolute atomic E-state index is 0.0478. The Balaban J connectivity index is 1.85. The zero-order valence-corrected chi connectivity index (χ0v) is 12.2. The first-order valence-corrected chi connectivity index (χ1v) is 7.30. The molecule has 21 heavy (non-hydrogen) atoms. The summed E-state index contributed by atoms with van der Waals surface area (Å²) in [5.41, 5.74) is 0. The number of hydrogen-bond donors (Lipinski definition) is 2. The summed E-state index contributed by atoms with van der Waals surface area (Å²) in [5, 5.41) is 11.7. The van der Waals surface area contributed by atoms with E-state index in [4.69, 9.17) is 9.84 Å². The molecular weight excluding hydrogens is 276 g/mol. The van der Waals surface area contributed by atoms with Gasteiger partial charge in [-0.2, -0.15) is 0 Å². The van der Waals surface area contributed by atoms with Crippen molar-refractivity contribution in [3.05, 3.63) is 0 Å². The van der Waals surface area contributed by atoms with Crippen molar-refractivity contribution in [2.75, 3.05) is 26.8 Å². The fraction of sp³-hybridized carbons (Fsp3) is 0.786. The first-order chi connectivity index (χ1) is 10.0. The van der Waals surface area contributed by atoms with E-state index < -0.39 is 5.97 Å². The number of carboxylic acids is 1. The Bertz CT molecular complexity index is 422. The molecule has 0 aromatic heterocycles. The van der Waals surface area contributed by atoms with Crippen LogP contribution in [0.4, 0.5) is 0 Å². The lowest BCUT2D eigenvalue weighted by atomic mass is 10.0. The van der Waals surface area contributed by atoms with Gasteiger partial charge in [0.1, 0.15) is 0 Å². The van der Waals surface area contributed by atoms with Gasteiger partial charge in [0.05, 0.1) is 18.9 Å². The quantitative estimate of drug-likeness (QED) is 0.650. The standard InChI is InChI=1S/C14H22N2O5/c1-21-5-4-16-8-10(6-12(16)17)14(20)15-11(7-13(18)19)9-2-3-9/h9-11H,2-8H2,1H3,(H,15,20)(H,18,19). The third-order valence-electron chi connectivity index (χ3n) is 4.06. The predicted molar refractivity (Wildman–Crippen MR) is 73.5 cm³/mol. The number of carboxylic acid groups (broad SMARTS) is 1. The van der Waals surface area contributed by atoms with Gasteiger partial charge in [-0.1, -0.05) is 0 Å². The molecule has 7 nitrogen and oxygen atoms in total. The molecule has 7 heteroatoms. The SMILES string of the molecule is COCCN1CC(C(=O)NC(CC(=O)O)C2CC2)CC1=O. The zero-order chi connectivity index (χ0) is 15.4. The largest absolute Gasteiger partial charge is 0.481 e. The van der Waals surface area contributed by atoms with Crippen molar-refractivity contribution >= 4 is 17.8 Å². The molecule has 2 amide bonds. The van der Waals surface area contributed by atoms with Gasteiger partial charge < -0.3 is 20.1 Å². The van der Waals surface area contributed by atoms with Crippen LogP contribution in [0.2, 0.25) is 0 Å². The number of carbonyl (C=O) groups is 3. The molecule has 0 radical (unpaired) electrons. The monoisotopic (exact) mass is 298 g/mol. The van der Waals surface area contributed by atoms with Crippen LogP contribution in [0.5, 0.6) is 0 Å². The van der Waals surface area contributed by atoms with E-state index in [2.05, 4.69) is 5.32 Å². The summed E-state index contributed by atoms with van der Waals surface area (Å²) in [6.45, 7) is 1.32. The summed E-state index contributed by atoms with van der Waals surface area (Å²) in [6.07, 6.45) is 2.06. The maximum atomic E-state index is 12.2. The number of ether oxygens (including phenoxy) is 1. The van der Waals surface area contributed by atoms with Crippen molar-refractivity contribution in [1.82, 2.24) is 10.2 Å². The van der Waals surface area contributed by atoms with Gasteiger partial charge in [-0.05, 0) is 18.8 Å². The summed E-state index contributed by atoms with van der Waals surface area (Å²) in [5.74, 6) is -1.28. The van der Waals surface area contributed by atoms with Crippen LogP contribution in [0.3, 0.4) is 0 Å². The van der Waals surface area contributed by atoms with Crippen molar-refractivity contribution in [1.29, 1.82) is 0 Å². The number of likely N-dealkylation sites (tertiary alicyclic amines) is 1. The maximum absolute atomic E-state index is 12.2. The molecule has 2 N–H and O–H groups in total. The van der Waals surface area contributed by atoms with Crippen molar-refractivity contribution in [3.63, 3.8) is 0 Å². The second-order valence-electron chi connectivity index (χ2n) is 5.78. The molecule has 1 saturated carbocycles. The smallest absolute Gasteiger partial charge is 0.305 e. The van der Waals surface area contributed by atoms with Gasteiger partial charge in [-0.3, -0.25) is 14.4 Å². The van der Waals surface area contributed by atoms with E-state index in [1.165, 1.54) is 0 Å². The molecular formula is C14H22N2O5. The van der Waals surface area contributed by atoms with E-state index in [1.54, 1.807) is 12.0 Å². The molecule has 2 aliphatic rings. The second kappa shape index (κ2) is 6.89. The Morgan fingerprint density at radius 1 is 1.48 bits per heavy atom. The van der Waals surface area contributed by atoms with Crippen LogP contribution in [-0.2, 0) is 19.1 Å². The Morgan fingerprint density at radius 2 is 2.19 bits per heavy atom. The molecule has 1 saturated heterocycles. The van der Waals surface area contributed by atoms with Gasteiger partial charge in [0.15, 0.2) is 0 Å². The third kappa shape index (κ3) is 4.42. The van der Waals surface area contributed by atoms with Crippen LogP contribution >= 0.6 is 0 Å². The van der Waals surface area contributed by atoms with E-state index in [0.717, 1.165) is 12.8 Å². The molecule has 2 atom stereocenters. The molecule has 2 unspecified atom stereocenters. The van der Waals surface area contributed by atoms with Gasteiger partial charge in [-0.25, -0.2) is 0 Å². The predicted octanol–water partition coefficient (Wildman–Crippen LogP) is -0.149. The lowest BCUT2D eigenvalue weighted by Gasteiger charge is -2.19. The number of amides is 2. The summed E-state index contributed by atoms with van der Waals surface area (Å²) in [6, 6.07) is -0.307. The van der Waals surface area contributed by atoms with Crippen molar-refractivity contribution in [2.24, 2.45) is 11.8 Å². The van der Waals surface area contributed by atoms with Crippen molar-refractivity contribution < 1.29 is 24.2 Å². The van der Waals surface area contributed by atoms with Crippen LogP contribution in [0, 0.1) is 11.8 Å². The van der Waals surface area contributed by atoms with Crippen molar-refractivity contribution in [2.45, 2.75) is 31.7 Å². The van der Waals surface area contributed by atoms with E-state index in [9.17, 15) is 14.4 Å². The summed E-state index contributed by atoms with van der Waals surface area (Å²) < 4.78 is 4.94. The Kier molecular flexibility index (Phi) is 5.17. The highest BCUT2D eigenvalue weighted by Crippen LogP contribution is 2.34.